The predicted octanol–water partition coefficient (Wildman–Crippen LogP) is 2.71. The molecule has 4 nitrogen and oxygen atoms in total. The van der Waals surface area contributed by atoms with Crippen molar-refractivity contribution in [3.05, 3.63) is 29.8 Å². The van der Waals surface area contributed by atoms with Crippen LogP contribution in [0.4, 0.5) is 8.78 Å². The third kappa shape index (κ3) is 5.42. The Morgan fingerprint density at radius 2 is 2.18 bits per heavy atom. The van der Waals surface area contributed by atoms with E-state index < -0.39 is 6.61 Å². The molecule has 1 aliphatic heterocycles. The van der Waals surface area contributed by atoms with E-state index >= 15 is 0 Å². The van der Waals surface area contributed by atoms with Crippen LogP contribution in [0, 0.1) is 5.92 Å². The molecule has 0 radical (unpaired) electrons. The highest BCUT2D eigenvalue weighted by molar-refractivity contribution is 5.85. The lowest BCUT2D eigenvalue weighted by atomic mass is 9.92. The first kappa shape index (κ1) is 18.6. The van der Waals surface area contributed by atoms with Crippen LogP contribution in [0.5, 0.6) is 5.75 Å². The number of benzene rings is 1. The predicted molar refractivity (Wildman–Crippen MR) is 82.4 cm³/mol. The number of ether oxygens (including phenoxy) is 1. The maximum absolute atomic E-state index is 12.3. The van der Waals surface area contributed by atoms with E-state index in [9.17, 15) is 13.6 Å². The number of nitrogens with one attached hydrogen (secondary N) is 2. The molecule has 124 valence electrons. The van der Waals surface area contributed by atoms with Gasteiger partial charge in [0.25, 0.3) is 0 Å². The second kappa shape index (κ2) is 8.90. The zero-order valence-corrected chi connectivity index (χ0v) is 13.2. The summed E-state index contributed by atoms with van der Waals surface area (Å²) in [6, 6.07) is 6.82. The van der Waals surface area contributed by atoms with Crippen molar-refractivity contribution in [2.45, 2.75) is 39.0 Å². The highest BCUT2D eigenvalue weighted by atomic mass is 35.5. The van der Waals surface area contributed by atoms with Gasteiger partial charge in [-0.2, -0.15) is 8.78 Å². The summed E-state index contributed by atoms with van der Waals surface area (Å²) in [5.41, 5.74) is 0.549. The molecule has 2 rings (SSSR count). The first-order valence-corrected chi connectivity index (χ1v) is 7.10. The Morgan fingerprint density at radius 3 is 2.86 bits per heavy atom. The van der Waals surface area contributed by atoms with E-state index in [2.05, 4.69) is 15.4 Å². The van der Waals surface area contributed by atoms with Crippen LogP contribution >= 0.6 is 12.4 Å². The third-order valence-corrected chi connectivity index (χ3v) is 3.64. The van der Waals surface area contributed by atoms with Crippen LogP contribution in [-0.2, 0) is 11.3 Å². The summed E-state index contributed by atoms with van der Waals surface area (Å²) >= 11 is 0. The Labute approximate surface area is 135 Å². The van der Waals surface area contributed by atoms with Crippen LogP contribution in [0.2, 0.25) is 0 Å². The number of alkyl halides is 2. The summed E-state index contributed by atoms with van der Waals surface area (Å²) < 4.78 is 29.1. The first-order chi connectivity index (χ1) is 10.1. The van der Waals surface area contributed by atoms with Crippen LogP contribution < -0.4 is 15.4 Å². The lowest BCUT2D eigenvalue weighted by Gasteiger charge is -2.27. The van der Waals surface area contributed by atoms with Gasteiger partial charge < -0.3 is 15.4 Å². The third-order valence-electron chi connectivity index (χ3n) is 3.64. The van der Waals surface area contributed by atoms with Crippen molar-refractivity contribution in [2.75, 3.05) is 6.54 Å². The second-order valence-corrected chi connectivity index (χ2v) is 5.28. The number of hydrogen-bond acceptors (Lipinski definition) is 3. The Balaban J connectivity index is 0.00000242. The van der Waals surface area contributed by atoms with Crippen molar-refractivity contribution in [1.29, 1.82) is 0 Å². The Bertz CT molecular complexity index is 488. The largest absolute Gasteiger partial charge is 0.434 e. The number of halogens is 3. The molecule has 1 aromatic carbocycles. The molecule has 1 fully saturated rings. The zero-order valence-electron chi connectivity index (χ0n) is 12.4. The van der Waals surface area contributed by atoms with Crippen molar-refractivity contribution in [3.63, 3.8) is 0 Å². The number of amides is 1. The minimum absolute atomic E-state index is 0. The van der Waals surface area contributed by atoms with E-state index in [1.165, 1.54) is 6.07 Å². The van der Waals surface area contributed by atoms with Gasteiger partial charge in [0.15, 0.2) is 0 Å². The van der Waals surface area contributed by atoms with Gasteiger partial charge in [0.2, 0.25) is 5.91 Å². The van der Waals surface area contributed by atoms with E-state index in [0.29, 0.717) is 11.6 Å². The minimum atomic E-state index is -2.87. The molecular weight excluding hydrogens is 314 g/mol. The van der Waals surface area contributed by atoms with E-state index in [0.717, 1.165) is 19.4 Å². The van der Waals surface area contributed by atoms with E-state index in [1.54, 1.807) is 18.2 Å². The van der Waals surface area contributed by atoms with Crippen LogP contribution in [0.25, 0.3) is 0 Å². The van der Waals surface area contributed by atoms with Gasteiger partial charge in [-0.1, -0.05) is 18.2 Å². The average Bonchev–Trinajstić information content (AvgIpc) is 2.45. The Morgan fingerprint density at radius 1 is 1.45 bits per heavy atom. The molecular formula is C15H21ClF2N2O2. The summed E-state index contributed by atoms with van der Waals surface area (Å²) in [7, 11) is 0. The van der Waals surface area contributed by atoms with Gasteiger partial charge in [0, 0.05) is 24.1 Å². The van der Waals surface area contributed by atoms with Crippen molar-refractivity contribution in [3.8, 4) is 5.75 Å². The van der Waals surface area contributed by atoms with Crippen molar-refractivity contribution >= 4 is 18.3 Å². The zero-order chi connectivity index (χ0) is 15.2. The number of carbonyl (C=O) groups is 1. The standard InChI is InChI=1S/C15H20F2N2O2.ClH/c1-10-8-11(6-7-18-10)14(20)19-9-12-4-2-3-5-13(12)21-15(16)17;/h2-5,10-11,15,18H,6-9H2,1H3,(H,19,20);1H/t10-,11-;/m0./s1. The lowest BCUT2D eigenvalue weighted by Crippen LogP contribution is -2.42. The number of piperidine rings is 1. The van der Waals surface area contributed by atoms with E-state index in [1.807, 2.05) is 6.92 Å². The summed E-state index contributed by atoms with van der Waals surface area (Å²) in [6.07, 6.45) is 1.59. The van der Waals surface area contributed by atoms with Crippen molar-refractivity contribution in [1.82, 2.24) is 10.6 Å². The van der Waals surface area contributed by atoms with Gasteiger partial charge in [-0.15, -0.1) is 12.4 Å². The normalized spacial score (nSPS) is 21.1. The van der Waals surface area contributed by atoms with Gasteiger partial charge in [-0.3, -0.25) is 4.79 Å². The lowest BCUT2D eigenvalue weighted by molar-refractivity contribution is -0.126. The second-order valence-electron chi connectivity index (χ2n) is 5.28. The van der Waals surface area contributed by atoms with Crippen LogP contribution in [0.15, 0.2) is 24.3 Å². The van der Waals surface area contributed by atoms with E-state index in [4.69, 9.17) is 0 Å². The molecule has 0 unspecified atom stereocenters. The van der Waals surface area contributed by atoms with Gasteiger partial charge in [0.05, 0.1) is 0 Å². The first-order valence-electron chi connectivity index (χ1n) is 7.10. The molecule has 2 atom stereocenters. The monoisotopic (exact) mass is 334 g/mol. The van der Waals surface area contributed by atoms with Crippen LogP contribution in [-0.4, -0.2) is 25.1 Å². The van der Waals surface area contributed by atoms with Gasteiger partial charge in [-0.05, 0) is 32.4 Å². The minimum Gasteiger partial charge on any atom is -0.434 e. The molecule has 22 heavy (non-hydrogen) atoms. The molecule has 1 saturated heterocycles. The van der Waals surface area contributed by atoms with Crippen LogP contribution in [0.3, 0.4) is 0 Å². The SMILES string of the molecule is C[C@H]1C[C@@H](C(=O)NCc2ccccc2OC(F)F)CCN1.Cl. The van der Waals surface area contributed by atoms with Crippen molar-refractivity contribution in [2.24, 2.45) is 5.92 Å². The van der Waals surface area contributed by atoms with Gasteiger partial charge >= 0.3 is 6.61 Å². The molecule has 1 heterocycles. The van der Waals surface area contributed by atoms with Gasteiger partial charge in [-0.25, -0.2) is 0 Å². The molecule has 0 aromatic heterocycles. The fourth-order valence-corrected chi connectivity index (χ4v) is 2.56. The quantitative estimate of drug-likeness (QED) is 0.870. The topological polar surface area (TPSA) is 50.4 Å². The van der Waals surface area contributed by atoms with Crippen LogP contribution in [0.1, 0.15) is 25.3 Å². The summed E-state index contributed by atoms with van der Waals surface area (Å²) in [6.45, 7) is 0.197. The molecule has 1 aromatic rings. The summed E-state index contributed by atoms with van der Waals surface area (Å²) in [4.78, 5) is 12.1. The van der Waals surface area contributed by atoms with Gasteiger partial charge in [0.1, 0.15) is 5.75 Å². The molecule has 1 amide bonds. The number of carbonyl (C=O) groups excluding carboxylic acids is 1. The Kier molecular flexibility index (Phi) is 7.55. The molecule has 2 N–H and O–H groups in total. The highest BCUT2D eigenvalue weighted by Crippen LogP contribution is 2.21. The fourth-order valence-electron chi connectivity index (χ4n) is 2.56. The highest BCUT2D eigenvalue weighted by Gasteiger charge is 2.24. The molecule has 0 aliphatic carbocycles. The Hall–Kier alpha value is -1.40. The number of rotatable bonds is 5. The number of para-hydroxylation sites is 1. The fraction of sp³-hybridized carbons (Fsp3) is 0.533. The molecule has 0 saturated carbocycles. The number of hydrogen-bond donors (Lipinski definition) is 2. The summed E-state index contributed by atoms with van der Waals surface area (Å²) in [5.74, 6) is 0.0473. The molecule has 7 heteroatoms. The maximum Gasteiger partial charge on any atom is 0.387 e. The smallest absolute Gasteiger partial charge is 0.387 e. The molecule has 0 spiro atoms. The maximum atomic E-state index is 12.3. The average molecular weight is 335 g/mol. The summed E-state index contributed by atoms with van der Waals surface area (Å²) in [5, 5.41) is 6.10. The van der Waals surface area contributed by atoms with Crippen molar-refractivity contribution < 1.29 is 18.3 Å². The molecule has 0 bridgehead atoms. The van der Waals surface area contributed by atoms with E-state index in [-0.39, 0.29) is 36.5 Å². The molecule has 1 aliphatic rings.